The van der Waals surface area contributed by atoms with E-state index in [1.54, 1.807) is 23.7 Å². The molecular formula is C24H20FN7O3. The highest BCUT2D eigenvalue weighted by Gasteiger charge is 2.17. The minimum atomic E-state index is -0.568. The van der Waals surface area contributed by atoms with Crippen LogP contribution in [0.25, 0.3) is 22.7 Å². The Labute approximate surface area is 198 Å². The van der Waals surface area contributed by atoms with Crippen molar-refractivity contribution in [2.75, 3.05) is 11.9 Å². The molecule has 0 spiro atoms. The number of aryl methyl sites for hydroxylation is 2. The lowest BCUT2D eigenvalue weighted by Gasteiger charge is -2.10. The second-order valence-corrected chi connectivity index (χ2v) is 7.87. The van der Waals surface area contributed by atoms with Crippen LogP contribution in [0.4, 0.5) is 10.2 Å². The number of hydrogen-bond donors (Lipinski definition) is 2. The first-order valence-corrected chi connectivity index (χ1v) is 10.7. The maximum atomic E-state index is 13.8. The molecule has 0 aliphatic heterocycles. The van der Waals surface area contributed by atoms with E-state index in [-0.39, 0.29) is 17.5 Å². The SMILES string of the molecule is Cc1cccc(-n2ncc3c(=O)[nH]c(-n4nc(C)cc4NC(=O)COc4ccccc4F)nc32)c1. The number of aromatic amines is 1. The first-order valence-electron chi connectivity index (χ1n) is 10.7. The van der Waals surface area contributed by atoms with Crippen LogP contribution in [0, 0.1) is 19.7 Å². The number of nitrogens with zero attached hydrogens (tertiary/aromatic N) is 5. The quantitative estimate of drug-likeness (QED) is 0.391. The van der Waals surface area contributed by atoms with Gasteiger partial charge in [-0.15, -0.1) is 0 Å². The van der Waals surface area contributed by atoms with E-state index < -0.39 is 23.9 Å². The van der Waals surface area contributed by atoms with Crippen LogP contribution in [0.15, 0.2) is 65.6 Å². The topological polar surface area (TPSA) is 120 Å². The van der Waals surface area contributed by atoms with Crippen molar-refractivity contribution in [3.63, 3.8) is 0 Å². The normalized spacial score (nSPS) is 11.1. The number of fused-ring (bicyclic) bond motifs is 1. The summed E-state index contributed by atoms with van der Waals surface area (Å²) in [7, 11) is 0. The highest BCUT2D eigenvalue weighted by atomic mass is 19.1. The minimum absolute atomic E-state index is 0.0341. The molecule has 3 aromatic heterocycles. The lowest BCUT2D eigenvalue weighted by Crippen LogP contribution is -2.23. The van der Waals surface area contributed by atoms with Gasteiger partial charge in [0.05, 0.1) is 17.6 Å². The maximum Gasteiger partial charge on any atom is 0.263 e. The molecule has 0 saturated carbocycles. The molecule has 0 aliphatic carbocycles. The van der Waals surface area contributed by atoms with Crippen LogP contribution in [0.5, 0.6) is 5.75 Å². The van der Waals surface area contributed by atoms with E-state index in [9.17, 15) is 14.0 Å². The largest absolute Gasteiger partial charge is 0.481 e. The second-order valence-electron chi connectivity index (χ2n) is 7.87. The van der Waals surface area contributed by atoms with Crippen LogP contribution < -0.4 is 15.6 Å². The number of amides is 1. The van der Waals surface area contributed by atoms with Crippen LogP contribution >= 0.6 is 0 Å². The first-order chi connectivity index (χ1) is 16.9. The molecule has 5 aromatic rings. The predicted molar refractivity (Wildman–Crippen MR) is 127 cm³/mol. The molecule has 5 rings (SSSR count). The van der Waals surface area contributed by atoms with Crippen molar-refractivity contribution in [3.05, 3.63) is 88.2 Å². The van der Waals surface area contributed by atoms with E-state index in [1.165, 1.54) is 29.1 Å². The number of ether oxygens (including phenoxy) is 1. The average Bonchev–Trinajstić information content (AvgIpc) is 3.42. The fraction of sp³-hybridized carbons (Fsp3) is 0.125. The monoisotopic (exact) mass is 473 g/mol. The Balaban J connectivity index is 1.47. The van der Waals surface area contributed by atoms with E-state index in [1.807, 2.05) is 31.2 Å². The second kappa shape index (κ2) is 8.86. The third-order valence-corrected chi connectivity index (χ3v) is 5.17. The van der Waals surface area contributed by atoms with Gasteiger partial charge >= 0.3 is 0 Å². The summed E-state index contributed by atoms with van der Waals surface area (Å²) < 4.78 is 21.9. The molecule has 0 bridgehead atoms. The van der Waals surface area contributed by atoms with Gasteiger partial charge in [0.15, 0.2) is 23.8 Å². The summed E-state index contributed by atoms with van der Waals surface area (Å²) in [6.07, 6.45) is 1.45. The summed E-state index contributed by atoms with van der Waals surface area (Å²) in [4.78, 5) is 32.5. The number of benzene rings is 2. The van der Waals surface area contributed by atoms with Crippen LogP contribution in [0.2, 0.25) is 0 Å². The molecule has 0 saturated heterocycles. The van der Waals surface area contributed by atoms with Crippen molar-refractivity contribution in [3.8, 4) is 17.4 Å². The summed E-state index contributed by atoms with van der Waals surface area (Å²) in [5.74, 6) is -0.790. The lowest BCUT2D eigenvalue weighted by atomic mass is 10.2. The number of nitrogens with one attached hydrogen (secondary N) is 2. The van der Waals surface area contributed by atoms with E-state index >= 15 is 0 Å². The Bertz CT molecular complexity index is 1620. The van der Waals surface area contributed by atoms with Crippen molar-refractivity contribution in [2.45, 2.75) is 13.8 Å². The Morgan fingerprint density at radius 1 is 1.11 bits per heavy atom. The zero-order chi connectivity index (χ0) is 24.5. The molecule has 0 fully saturated rings. The van der Waals surface area contributed by atoms with Gasteiger partial charge in [0.25, 0.3) is 11.5 Å². The van der Waals surface area contributed by atoms with Gasteiger partial charge in [0.2, 0.25) is 5.95 Å². The summed E-state index contributed by atoms with van der Waals surface area (Å²) in [6, 6.07) is 15.0. The zero-order valence-corrected chi connectivity index (χ0v) is 18.8. The van der Waals surface area contributed by atoms with E-state index in [0.717, 1.165) is 11.3 Å². The van der Waals surface area contributed by atoms with Gasteiger partial charge in [0.1, 0.15) is 11.2 Å². The molecule has 2 aromatic carbocycles. The number of hydrogen-bond acceptors (Lipinski definition) is 6. The molecule has 3 heterocycles. The number of carbonyl (C=O) groups is 1. The van der Waals surface area contributed by atoms with Crippen molar-refractivity contribution in [1.29, 1.82) is 0 Å². The molecule has 0 unspecified atom stereocenters. The molecule has 0 atom stereocenters. The van der Waals surface area contributed by atoms with Gasteiger partial charge in [-0.25, -0.2) is 9.07 Å². The molecular weight excluding hydrogens is 453 g/mol. The van der Waals surface area contributed by atoms with Gasteiger partial charge in [-0.3, -0.25) is 14.6 Å². The zero-order valence-electron chi connectivity index (χ0n) is 18.8. The summed E-state index contributed by atoms with van der Waals surface area (Å²) >= 11 is 0. The molecule has 2 N–H and O–H groups in total. The highest BCUT2D eigenvalue weighted by Crippen LogP contribution is 2.19. The number of carbonyl (C=O) groups excluding carboxylic acids is 1. The standard InChI is InChI=1S/C24H20FN7O3/c1-14-6-5-7-16(10-14)31-22-17(12-26-31)23(34)29-24(28-22)32-20(11-15(2)30-32)27-21(33)13-35-19-9-4-3-8-18(19)25/h3-12H,13H2,1-2H3,(H,27,33)(H,28,29,34). The Hall–Kier alpha value is -4.80. The number of rotatable bonds is 6. The van der Waals surface area contributed by atoms with Crippen LogP contribution in [-0.4, -0.2) is 42.0 Å². The van der Waals surface area contributed by atoms with Gasteiger partial charge in [0, 0.05) is 6.07 Å². The summed E-state index contributed by atoms with van der Waals surface area (Å²) in [5, 5.41) is 11.7. The van der Waals surface area contributed by atoms with Gasteiger partial charge in [-0.2, -0.15) is 19.9 Å². The van der Waals surface area contributed by atoms with Gasteiger partial charge < -0.3 is 10.1 Å². The number of para-hydroxylation sites is 1. The van der Waals surface area contributed by atoms with Crippen LogP contribution in [0.1, 0.15) is 11.3 Å². The van der Waals surface area contributed by atoms with E-state index in [4.69, 9.17) is 4.74 Å². The molecule has 1 amide bonds. The third-order valence-electron chi connectivity index (χ3n) is 5.17. The smallest absolute Gasteiger partial charge is 0.263 e. The molecule has 0 aliphatic rings. The molecule has 35 heavy (non-hydrogen) atoms. The Kier molecular flexibility index (Phi) is 5.57. The molecule has 0 radical (unpaired) electrons. The summed E-state index contributed by atoms with van der Waals surface area (Å²) in [5.41, 5.74) is 2.28. The van der Waals surface area contributed by atoms with E-state index in [0.29, 0.717) is 16.7 Å². The fourth-order valence-corrected chi connectivity index (χ4v) is 3.59. The number of anilines is 1. The highest BCUT2D eigenvalue weighted by molar-refractivity contribution is 5.91. The van der Waals surface area contributed by atoms with Crippen LogP contribution in [0.3, 0.4) is 0 Å². The van der Waals surface area contributed by atoms with Crippen LogP contribution in [-0.2, 0) is 4.79 Å². The Morgan fingerprint density at radius 2 is 1.94 bits per heavy atom. The maximum absolute atomic E-state index is 13.8. The average molecular weight is 473 g/mol. The van der Waals surface area contributed by atoms with Gasteiger partial charge in [-0.05, 0) is 43.7 Å². The Morgan fingerprint density at radius 3 is 2.74 bits per heavy atom. The van der Waals surface area contributed by atoms with Gasteiger partial charge in [-0.1, -0.05) is 24.3 Å². The van der Waals surface area contributed by atoms with Crippen molar-refractivity contribution in [2.24, 2.45) is 0 Å². The molecule has 10 nitrogen and oxygen atoms in total. The molecule has 176 valence electrons. The minimum Gasteiger partial charge on any atom is -0.481 e. The lowest BCUT2D eigenvalue weighted by molar-refractivity contribution is -0.118. The first kappa shape index (κ1) is 22.0. The summed E-state index contributed by atoms with van der Waals surface area (Å²) in [6.45, 7) is 3.27. The van der Waals surface area contributed by atoms with Crippen molar-refractivity contribution >= 4 is 22.8 Å². The van der Waals surface area contributed by atoms with Crippen molar-refractivity contribution in [1.82, 2.24) is 29.5 Å². The van der Waals surface area contributed by atoms with Crippen molar-refractivity contribution < 1.29 is 13.9 Å². The number of H-pyrrole nitrogens is 1. The number of aromatic nitrogens is 6. The number of halogens is 1. The van der Waals surface area contributed by atoms with E-state index in [2.05, 4.69) is 25.5 Å². The third kappa shape index (κ3) is 4.38. The fourth-order valence-electron chi connectivity index (χ4n) is 3.59. The molecule has 11 heteroatoms. The predicted octanol–water partition coefficient (Wildman–Crippen LogP) is 3.07.